The van der Waals surface area contributed by atoms with Gasteiger partial charge in [0, 0.05) is 53.6 Å². The molecule has 0 aliphatic heterocycles. The predicted octanol–water partition coefficient (Wildman–Crippen LogP) is 5.24. The van der Waals surface area contributed by atoms with Crippen LogP contribution < -0.4 is 16.0 Å². The number of rotatable bonds is 4. The van der Waals surface area contributed by atoms with Crippen LogP contribution in [-0.4, -0.2) is 29.1 Å². The van der Waals surface area contributed by atoms with Crippen molar-refractivity contribution < 1.29 is 13.6 Å². The molecule has 2 amide bonds. The summed E-state index contributed by atoms with van der Waals surface area (Å²) in [7, 11) is 1.76. The Morgan fingerprint density at radius 3 is 2.52 bits per heavy atom. The highest BCUT2D eigenvalue weighted by Crippen LogP contribution is 2.40. The second kappa shape index (κ2) is 7.76. The first-order chi connectivity index (χ1) is 14.6. The maximum absolute atomic E-state index is 14.7. The highest BCUT2D eigenvalue weighted by atomic mass is 19.1. The molecule has 6 nitrogen and oxygen atoms in total. The number of urea groups is 1. The van der Waals surface area contributed by atoms with Crippen LogP contribution in [0.1, 0.15) is 32.4 Å². The molecule has 1 saturated carbocycles. The summed E-state index contributed by atoms with van der Waals surface area (Å²) >= 11 is 0. The lowest BCUT2D eigenvalue weighted by atomic mass is 9.68. The van der Waals surface area contributed by atoms with E-state index in [-0.39, 0.29) is 22.7 Å². The number of amides is 2. The lowest BCUT2D eigenvalue weighted by Crippen LogP contribution is -2.49. The number of aromatic nitrogens is 2. The Balaban J connectivity index is 1.63. The standard InChI is InChI=1S/C23H25F2N5O/c1-12-15(5-13-11-27-21(26-4)8-19(13)28-12)16-6-20(18(25)7-17(16)24)30-22(31)29-14-9-23(2,3)10-14/h5-8,11,14H,9-10H2,1-4H3,(H,26,27)(H2,29,30,31). The number of fused-ring (bicyclic) bond motifs is 1. The molecule has 1 aliphatic carbocycles. The zero-order valence-corrected chi connectivity index (χ0v) is 17.9. The Hall–Kier alpha value is -3.29. The molecule has 1 aliphatic rings. The average Bonchev–Trinajstić information content (AvgIpc) is 2.68. The van der Waals surface area contributed by atoms with Crippen LogP contribution in [0.4, 0.5) is 25.1 Å². The second-order valence-corrected chi connectivity index (χ2v) is 8.81. The molecule has 2 aromatic heterocycles. The first-order valence-electron chi connectivity index (χ1n) is 10.2. The molecule has 1 aromatic carbocycles. The largest absolute Gasteiger partial charge is 0.373 e. The molecule has 0 radical (unpaired) electrons. The topological polar surface area (TPSA) is 78.9 Å². The summed E-state index contributed by atoms with van der Waals surface area (Å²) in [5, 5.41) is 9.02. The van der Waals surface area contributed by atoms with Crippen molar-refractivity contribution in [2.45, 2.75) is 39.7 Å². The fourth-order valence-corrected chi connectivity index (χ4v) is 4.14. The van der Waals surface area contributed by atoms with Crippen LogP contribution in [-0.2, 0) is 0 Å². The molecule has 3 N–H and O–H groups in total. The number of benzene rings is 1. The monoisotopic (exact) mass is 425 g/mol. The number of anilines is 2. The zero-order chi connectivity index (χ0) is 22.3. The van der Waals surface area contributed by atoms with Crippen molar-refractivity contribution in [3.05, 3.63) is 47.8 Å². The van der Waals surface area contributed by atoms with Gasteiger partial charge in [0.05, 0.1) is 11.2 Å². The first kappa shape index (κ1) is 21.0. The third-order valence-electron chi connectivity index (χ3n) is 5.67. The van der Waals surface area contributed by atoms with E-state index >= 15 is 0 Å². The van der Waals surface area contributed by atoms with Gasteiger partial charge in [0.25, 0.3) is 0 Å². The zero-order valence-electron chi connectivity index (χ0n) is 17.9. The molecule has 8 heteroatoms. The number of hydrogen-bond acceptors (Lipinski definition) is 4. The maximum atomic E-state index is 14.7. The maximum Gasteiger partial charge on any atom is 0.319 e. The minimum atomic E-state index is -0.836. The highest BCUT2D eigenvalue weighted by Gasteiger charge is 2.36. The van der Waals surface area contributed by atoms with Crippen LogP contribution in [0.3, 0.4) is 0 Å². The minimum absolute atomic E-state index is 0.0555. The van der Waals surface area contributed by atoms with Crippen molar-refractivity contribution in [3.63, 3.8) is 0 Å². The van der Waals surface area contributed by atoms with E-state index in [1.807, 2.05) is 0 Å². The molecule has 0 spiro atoms. The number of hydrogen-bond donors (Lipinski definition) is 3. The lowest BCUT2D eigenvalue weighted by Gasteiger charge is -2.42. The van der Waals surface area contributed by atoms with Crippen LogP contribution in [0.2, 0.25) is 0 Å². The summed E-state index contributed by atoms with van der Waals surface area (Å²) in [6.45, 7) is 6.02. The summed E-state index contributed by atoms with van der Waals surface area (Å²) in [4.78, 5) is 21.1. The third kappa shape index (κ3) is 4.28. The number of aryl methyl sites for hydroxylation is 1. The molecule has 0 bridgehead atoms. The van der Waals surface area contributed by atoms with Gasteiger partial charge in [-0.1, -0.05) is 13.8 Å². The van der Waals surface area contributed by atoms with Gasteiger partial charge in [-0.3, -0.25) is 4.98 Å². The van der Waals surface area contributed by atoms with E-state index in [0.29, 0.717) is 22.6 Å². The number of halogens is 2. The van der Waals surface area contributed by atoms with Gasteiger partial charge in [0.1, 0.15) is 17.5 Å². The van der Waals surface area contributed by atoms with Gasteiger partial charge in [0.15, 0.2) is 0 Å². The number of pyridine rings is 2. The lowest BCUT2D eigenvalue weighted by molar-refractivity contribution is 0.132. The quantitative estimate of drug-likeness (QED) is 0.534. The Morgan fingerprint density at radius 1 is 1.10 bits per heavy atom. The van der Waals surface area contributed by atoms with Crippen molar-refractivity contribution >= 4 is 28.4 Å². The van der Waals surface area contributed by atoms with Gasteiger partial charge in [-0.2, -0.15) is 0 Å². The summed E-state index contributed by atoms with van der Waals surface area (Å²) in [5.74, 6) is -0.891. The molecule has 162 valence electrons. The molecule has 31 heavy (non-hydrogen) atoms. The third-order valence-corrected chi connectivity index (χ3v) is 5.67. The fraction of sp³-hybridized carbons (Fsp3) is 0.348. The molecule has 0 atom stereocenters. The first-order valence-corrected chi connectivity index (χ1v) is 10.2. The van der Waals surface area contributed by atoms with E-state index < -0.39 is 17.7 Å². The van der Waals surface area contributed by atoms with Crippen LogP contribution in [0.5, 0.6) is 0 Å². The molecule has 0 unspecified atom stereocenters. The van der Waals surface area contributed by atoms with Crippen LogP contribution in [0, 0.1) is 24.0 Å². The molecular formula is C23H25F2N5O. The van der Waals surface area contributed by atoms with E-state index in [1.165, 1.54) is 6.07 Å². The summed E-state index contributed by atoms with van der Waals surface area (Å²) in [5.41, 5.74) is 2.08. The molecular weight excluding hydrogens is 400 g/mol. The normalized spacial score (nSPS) is 15.4. The van der Waals surface area contributed by atoms with Crippen molar-refractivity contribution in [2.75, 3.05) is 17.7 Å². The Labute approximate surface area is 179 Å². The van der Waals surface area contributed by atoms with E-state index in [2.05, 4.69) is 39.8 Å². The van der Waals surface area contributed by atoms with Gasteiger partial charge in [0.2, 0.25) is 0 Å². The van der Waals surface area contributed by atoms with Gasteiger partial charge in [-0.15, -0.1) is 0 Å². The Bertz CT molecular complexity index is 1170. The van der Waals surface area contributed by atoms with Gasteiger partial charge >= 0.3 is 6.03 Å². The van der Waals surface area contributed by atoms with E-state index in [4.69, 9.17) is 0 Å². The number of carbonyl (C=O) groups is 1. The van der Waals surface area contributed by atoms with E-state index in [9.17, 15) is 13.6 Å². The number of carbonyl (C=O) groups excluding carboxylic acids is 1. The van der Waals surface area contributed by atoms with E-state index in [0.717, 1.165) is 24.3 Å². The van der Waals surface area contributed by atoms with Gasteiger partial charge in [-0.25, -0.2) is 18.6 Å². The average molecular weight is 425 g/mol. The summed E-state index contributed by atoms with van der Waals surface area (Å²) < 4.78 is 29.1. The van der Waals surface area contributed by atoms with Crippen molar-refractivity contribution in [1.82, 2.24) is 15.3 Å². The number of nitrogens with one attached hydrogen (secondary N) is 3. The van der Waals surface area contributed by atoms with Crippen LogP contribution in [0.15, 0.2) is 30.5 Å². The summed E-state index contributed by atoms with van der Waals surface area (Å²) in [6, 6.07) is 5.20. The van der Waals surface area contributed by atoms with Gasteiger partial charge in [-0.05, 0) is 37.3 Å². The smallest absolute Gasteiger partial charge is 0.319 e. The Morgan fingerprint density at radius 2 is 1.84 bits per heavy atom. The van der Waals surface area contributed by atoms with Crippen molar-refractivity contribution in [3.8, 4) is 11.1 Å². The second-order valence-electron chi connectivity index (χ2n) is 8.81. The highest BCUT2D eigenvalue weighted by molar-refractivity contribution is 5.91. The van der Waals surface area contributed by atoms with Crippen molar-refractivity contribution in [1.29, 1.82) is 0 Å². The molecule has 3 aromatic rings. The molecule has 2 heterocycles. The molecule has 4 rings (SSSR count). The van der Waals surface area contributed by atoms with E-state index in [1.54, 1.807) is 32.3 Å². The number of nitrogens with zero attached hydrogens (tertiary/aromatic N) is 2. The van der Waals surface area contributed by atoms with Gasteiger partial charge < -0.3 is 16.0 Å². The molecule has 0 saturated heterocycles. The minimum Gasteiger partial charge on any atom is -0.373 e. The predicted molar refractivity (Wildman–Crippen MR) is 118 cm³/mol. The Kier molecular flexibility index (Phi) is 5.24. The van der Waals surface area contributed by atoms with Crippen molar-refractivity contribution in [2.24, 2.45) is 5.41 Å². The summed E-state index contributed by atoms with van der Waals surface area (Å²) in [6.07, 6.45) is 3.37. The SMILES string of the molecule is CNc1cc2nc(C)c(-c3cc(NC(=O)NC4CC(C)(C)C4)c(F)cc3F)cc2cn1. The van der Waals surface area contributed by atoms with Crippen LogP contribution >= 0.6 is 0 Å². The molecule has 1 fully saturated rings. The van der Waals surface area contributed by atoms with Crippen LogP contribution in [0.25, 0.3) is 22.0 Å². The fourth-order valence-electron chi connectivity index (χ4n) is 4.14.